The number of benzene rings is 2. The van der Waals surface area contributed by atoms with E-state index in [1.165, 1.54) is 5.56 Å². The van der Waals surface area contributed by atoms with E-state index in [2.05, 4.69) is 36.4 Å². The average Bonchev–Trinajstić information content (AvgIpc) is 3.30. The molecule has 3 rings (SSSR count). The van der Waals surface area contributed by atoms with Gasteiger partial charge in [0.25, 0.3) is 5.91 Å². The van der Waals surface area contributed by atoms with Crippen LogP contribution in [0.25, 0.3) is 0 Å². The molecule has 1 amide bonds. The topological polar surface area (TPSA) is 81.2 Å². The van der Waals surface area contributed by atoms with Crippen molar-refractivity contribution in [3.63, 3.8) is 0 Å². The molecule has 2 aromatic carbocycles. The summed E-state index contributed by atoms with van der Waals surface area (Å²) in [7, 11) is 3.17. The summed E-state index contributed by atoms with van der Waals surface area (Å²) in [5.41, 5.74) is 2.48. The molecule has 1 atom stereocenters. The Morgan fingerprint density at radius 3 is 2.41 bits per heavy atom. The molecule has 0 bridgehead atoms. The number of hydrogen-bond acceptors (Lipinski definition) is 5. The molecule has 7 heteroatoms. The second-order valence-corrected chi connectivity index (χ2v) is 8.80. The smallest absolute Gasteiger partial charge is 0.257 e. The fourth-order valence-electron chi connectivity index (χ4n) is 3.44. The predicted octanol–water partition coefficient (Wildman–Crippen LogP) is 4.38. The maximum atomic E-state index is 12.9. The molecule has 0 spiro atoms. The predicted molar refractivity (Wildman–Crippen MR) is 127 cm³/mol. The van der Waals surface area contributed by atoms with Crippen LogP contribution in [-0.2, 0) is 10.2 Å². The maximum absolute atomic E-state index is 12.9. The minimum Gasteiger partial charge on any atom is -0.493 e. The second kappa shape index (κ2) is 10.5. The van der Waals surface area contributed by atoms with Crippen molar-refractivity contribution < 1.29 is 19.0 Å². The first-order valence-electron chi connectivity index (χ1n) is 10.9. The molecule has 1 aliphatic rings. The third-order valence-electron chi connectivity index (χ3n) is 5.37. The molecular formula is C25H33N3O4. The van der Waals surface area contributed by atoms with Gasteiger partial charge in [0.2, 0.25) is 5.96 Å². The van der Waals surface area contributed by atoms with Gasteiger partial charge < -0.3 is 19.5 Å². The number of nitrogens with one attached hydrogen (secondary N) is 2. The SMILES string of the molecule is COc1ccc(NC(=NC[C@@H]2CCCO2)NC(=O)c2ccc(C(C)(C)C)cc2)cc1OC. The highest BCUT2D eigenvalue weighted by molar-refractivity contribution is 6.10. The second-order valence-electron chi connectivity index (χ2n) is 8.80. The normalized spacial score (nSPS) is 16.5. The van der Waals surface area contributed by atoms with Gasteiger partial charge in [-0.25, -0.2) is 4.99 Å². The summed E-state index contributed by atoms with van der Waals surface area (Å²) in [5.74, 6) is 1.33. The Labute approximate surface area is 190 Å². The van der Waals surface area contributed by atoms with E-state index in [0.29, 0.717) is 29.6 Å². The Bertz CT molecular complexity index is 943. The van der Waals surface area contributed by atoms with Gasteiger partial charge in [0.1, 0.15) is 0 Å². The van der Waals surface area contributed by atoms with Crippen LogP contribution in [0.4, 0.5) is 5.69 Å². The third-order valence-corrected chi connectivity index (χ3v) is 5.37. The number of aliphatic imine (C=N–C) groups is 1. The van der Waals surface area contributed by atoms with Crippen LogP contribution in [-0.4, -0.2) is 45.3 Å². The number of carbonyl (C=O) groups excluding carboxylic acids is 1. The summed E-state index contributed by atoms with van der Waals surface area (Å²) in [4.78, 5) is 17.5. The molecule has 1 heterocycles. The van der Waals surface area contributed by atoms with Crippen molar-refractivity contribution in [3.8, 4) is 11.5 Å². The molecule has 1 aliphatic heterocycles. The lowest BCUT2D eigenvalue weighted by atomic mass is 9.87. The number of ether oxygens (including phenoxy) is 3. The Balaban J connectivity index is 1.78. The lowest BCUT2D eigenvalue weighted by Crippen LogP contribution is -2.36. The molecule has 1 fully saturated rings. The zero-order valence-corrected chi connectivity index (χ0v) is 19.5. The number of rotatable bonds is 6. The highest BCUT2D eigenvalue weighted by Crippen LogP contribution is 2.29. The van der Waals surface area contributed by atoms with E-state index in [9.17, 15) is 4.79 Å². The average molecular weight is 440 g/mol. The zero-order chi connectivity index (χ0) is 23.1. The van der Waals surface area contributed by atoms with Crippen molar-refractivity contribution in [3.05, 3.63) is 53.6 Å². The van der Waals surface area contributed by atoms with E-state index in [-0.39, 0.29) is 17.4 Å². The van der Waals surface area contributed by atoms with E-state index in [4.69, 9.17) is 14.2 Å². The van der Waals surface area contributed by atoms with Gasteiger partial charge in [0.15, 0.2) is 11.5 Å². The zero-order valence-electron chi connectivity index (χ0n) is 19.5. The van der Waals surface area contributed by atoms with E-state index in [1.807, 2.05) is 30.3 Å². The number of methoxy groups -OCH3 is 2. The van der Waals surface area contributed by atoms with Crippen molar-refractivity contribution >= 4 is 17.6 Å². The van der Waals surface area contributed by atoms with Crippen LogP contribution in [0.5, 0.6) is 11.5 Å². The molecule has 1 saturated heterocycles. The molecule has 7 nitrogen and oxygen atoms in total. The van der Waals surface area contributed by atoms with Gasteiger partial charge in [-0.1, -0.05) is 32.9 Å². The summed E-state index contributed by atoms with van der Waals surface area (Å²) >= 11 is 0. The first kappa shape index (κ1) is 23.6. The maximum Gasteiger partial charge on any atom is 0.257 e. The van der Waals surface area contributed by atoms with Crippen LogP contribution in [0.2, 0.25) is 0 Å². The van der Waals surface area contributed by atoms with Gasteiger partial charge in [-0.15, -0.1) is 0 Å². The lowest BCUT2D eigenvalue weighted by molar-refractivity contribution is 0.0975. The highest BCUT2D eigenvalue weighted by atomic mass is 16.5. The Morgan fingerprint density at radius 1 is 1.09 bits per heavy atom. The van der Waals surface area contributed by atoms with Crippen LogP contribution < -0.4 is 20.1 Å². The molecule has 0 aliphatic carbocycles. The number of amides is 1. The van der Waals surface area contributed by atoms with E-state index in [1.54, 1.807) is 26.4 Å². The van der Waals surface area contributed by atoms with Crippen LogP contribution in [0.3, 0.4) is 0 Å². The molecule has 0 radical (unpaired) electrons. The standard InChI is InChI=1S/C25H33N3O4/c1-25(2,3)18-10-8-17(9-11-18)23(29)28-24(26-16-20-7-6-14-32-20)27-19-12-13-21(30-4)22(15-19)31-5/h8-13,15,20H,6-7,14,16H2,1-5H3,(H2,26,27,28,29)/t20-/m0/s1. The van der Waals surface area contributed by atoms with E-state index < -0.39 is 0 Å². The first-order chi connectivity index (χ1) is 15.3. The van der Waals surface area contributed by atoms with E-state index in [0.717, 1.165) is 25.1 Å². The van der Waals surface area contributed by atoms with Crippen LogP contribution in [0.1, 0.15) is 49.5 Å². The van der Waals surface area contributed by atoms with Gasteiger partial charge >= 0.3 is 0 Å². The number of carbonyl (C=O) groups is 1. The number of guanidine groups is 1. The number of nitrogens with zero attached hydrogens (tertiary/aromatic N) is 1. The highest BCUT2D eigenvalue weighted by Gasteiger charge is 2.18. The van der Waals surface area contributed by atoms with Gasteiger partial charge in [-0.2, -0.15) is 0 Å². The molecule has 172 valence electrons. The summed E-state index contributed by atoms with van der Waals surface area (Å²) in [5, 5.41) is 6.09. The summed E-state index contributed by atoms with van der Waals surface area (Å²) in [6.07, 6.45) is 2.07. The van der Waals surface area contributed by atoms with Gasteiger partial charge in [0, 0.05) is 23.9 Å². The molecule has 0 saturated carbocycles. The van der Waals surface area contributed by atoms with Crippen molar-refractivity contribution in [2.45, 2.75) is 45.1 Å². The van der Waals surface area contributed by atoms with Gasteiger partial charge in [-0.05, 0) is 48.1 Å². The third kappa shape index (κ3) is 6.23. The first-order valence-corrected chi connectivity index (χ1v) is 10.9. The van der Waals surface area contributed by atoms with Crippen molar-refractivity contribution in [2.24, 2.45) is 4.99 Å². The Hall–Kier alpha value is -3.06. The minimum atomic E-state index is -0.232. The summed E-state index contributed by atoms with van der Waals surface area (Å²) < 4.78 is 16.3. The van der Waals surface area contributed by atoms with Gasteiger partial charge in [-0.3, -0.25) is 10.1 Å². The Kier molecular flexibility index (Phi) is 7.75. The molecular weight excluding hydrogens is 406 g/mol. The summed E-state index contributed by atoms with van der Waals surface area (Å²) in [6.45, 7) is 7.66. The number of hydrogen-bond donors (Lipinski definition) is 2. The van der Waals surface area contributed by atoms with Crippen molar-refractivity contribution in [2.75, 3.05) is 32.7 Å². The molecule has 2 aromatic rings. The monoisotopic (exact) mass is 439 g/mol. The van der Waals surface area contributed by atoms with Crippen LogP contribution >= 0.6 is 0 Å². The molecule has 0 aromatic heterocycles. The van der Waals surface area contributed by atoms with Crippen LogP contribution in [0.15, 0.2) is 47.5 Å². The molecule has 32 heavy (non-hydrogen) atoms. The largest absolute Gasteiger partial charge is 0.493 e. The van der Waals surface area contributed by atoms with E-state index >= 15 is 0 Å². The number of anilines is 1. The minimum absolute atomic E-state index is 0.0257. The summed E-state index contributed by atoms with van der Waals surface area (Å²) in [6, 6.07) is 13.1. The van der Waals surface area contributed by atoms with Crippen molar-refractivity contribution in [1.82, 2.24) is 5.32 Å². The fraction of sp³-hybridized carbons (Fsp3) is 0.440. The van der Waals surface area contributed by atoms with Gasteiger partial charge in [0.05, 0.1) is 26.9 Å². The Morgan fingerprint density at radius 2 is 1.81 bits per heavy atom. The van der Waals surface area contributed by atoms with Crippen molar-refractivity contribution in [1.29, 1.82) is 0 Å². The molecule has 2 N–H and O–H groups in total. The van der Waals surface area contributed by atoms with Crippen LogP contribution in [0, 0.1) is 0 Å². The quantitative estimate of drug-likeness (QED) is 0.516. The lowest BCUT2D eigenvalue weighted by Gasteiger charge is -2.19. The molecule has 0 unspecified atom stereocenters. The fourth-order valence-corrected chi connectivity index (χ4v) is 3.44.